The molecule has 126 valence electrons. The van der Waals surface area contributed by atoms with E-state index >= 15 is 0 Å². The van der Waals surface area contributed by atoms with Gasteiger partial charge in [0.1, 0.15) is 12.3 Å². The van der Waals surface area contributed by atoms with Crippen molar-refractivity contribution in [3.05, 3.63) is 65.7 Å². The van der Waals surface area contributed by atoms with Crippen LogP contribution >= 0.6 is 0 Å². The van der Waals surface area contributed by atoms with E-state index in [2.05, 4.69) is 31.3 Å². The van der Waals surface area contributed by atoms with Gasteiger partial charge in [-0.05, 0) is 23.3 Å². The predicted octanol–water partition coefficient (Wildman–Crippen LogP) is 2.59. The molecule has 2 N–H and O–H groups in total. The van der Waals surface area contributed by atoms with E-state index in [1.165, 1.54) is 5.56 Å². The summed E-state index contributed by atoms with van der Waals surface area (Å²) in [6, 6.07) is 17.8. The zero-order valence-corrected chi connectivity index (χ0v) is 13.8. The van der Waals surface area contributed by atoms with Crippen LogP contribution < -0.4 is 10.1 Å². The first kappa shape index (κ1) is 17.5. The number of rotatable bonds is 7. The number of carbonyl (C=O) groups excluding carboxylic acids is 1. The van der Waals surface area contributed by atoms with Gasteiger partial charge < -0.3 is 15.2 Å². The number of ether oxygens (including phenoxy) is 1. The van der Waals surface area contributed by atoms with Crippen molar-refractivity contribution in [2.45, 2.75) is 19.3 Å². The topological polar surface area (TPSA) is 75.6 Å². The summed E-state index contributed by atoms with van der Waals surface area (Å²) in [6.45, 7) is 3.68. The minimum absolute atomic E-state index is 0.140. The van der Waals surface area contributed by atoms with E-state index in [4.69, 9.17) is 9.84 Å². The lowest BCUT2D eigenvalue weighted by molar-refractivity contribution is -0.138. The molecule has 0 aliphatic carbocycles. The van der Waals surface area contributed by atoms with Gasteiger partial charge in [-0.2, -0.15) is 0 Å². The highest BCUT2D eigenvalue weighted by atomic mass is 16.5. The van der Waals surface area contributed by atoms with Crippen molar-refractivity contribution in [1.29, 1.82) is 0 Å². The summed E-state index contributed by atoms with van der Waals surface area (Å²) in [4.78, 5) is 21.8. The monoisotopic (exact) mass is 327 g/mol. The van der Waals surface area contributed by atoms with Gasteiger partial charge in [0.15, 0.2) is 6.61 Å². The van der Waals surface area contributed by atoms with Crippen molar-refractivity contribution >= 4 is 11.9 Å². The minimum atomic E-state index is -1.09. The molecule has 0 aliphatic heterocycles. The van der Waals surface area contributed by atoms with Gasteiger partial charge in [-0.25, -0.2) is 0 Å². The third kappa shape index (κ3) is 4.59. The zero-order chi connectivity index (χ0) is 17.6. The Balaban J connectivity index is 1.98. The first-order chi connectivity index (χ1) is 11.4. The standard InChI is InChI=1S/C19H21NO4/c1-19(2,14-6-4-3-5-7-14)15-8-10-16(11-9-15)24-13-17(21)20-12-18(22)23/h3-11H,12-13H2,1-2H3,(H,20,21)(H,22,23). The van der Waals surface area contributed by atoms with Crippen LogP contribution in [-0.2, 0) is 15.0 Å². The normalized spacial score (nSPS) is 10.9. The molecule has 0 unspecified atom stereocenters. The number of nitrogens with one attached hydrogen (secondary N) is 1. The highest BCUT2D eigenvalue weighted by molar-refractivity contribution is 5.82. The van der Waals surface area contributed by atoms with Crippen LogP contribution in [0.1, 0.15) is 25.0 Å². The minimum Gasteiger partial charge on any atom is -0.484 e. The van der Waals surface area contributed by atoms with Crippen molar-refractivity contribution in [1.82, 2.24) is 5.32 Å². The Hall–Kier alpha value is -2.82. The third-order valence-corrected chi connectivity index (χ3v) is 3.88. The van der Waals surface area contributed by atoms with Gasteiger partial charge >= 0.3 is 5.97 Å². The number of hydrogen-bond donors (Lipinski definition) is 2. The van der Waals surface area contributed by atoms with E-state index in [1.807, 2.05) is 42.5 Å². The lowest BCUT2D eigenvalue weighted by atomic mass is 9.78. The van der Waals surface area contributed by atoms with Gasteiger partial charge in [-0.1, -0.05) is 56.3 Å². The zero-order valence-electron chi connectivity index (χ0n) is 13.8. The fraction of sp³-hybridized carbons (Fsp3) is 0.263. The molecule has 0 aromatic heterocycles. The van der Waals surface area contributed by atoms with E-state index in [1.54, 1.807) is 0 Å². The largest absolute Gasteiger partial charge is 0.484 e. The lowest BCUT2D eigenvalue weighted by Crippen LogP contribution is -2.33. The van der Waals surface area contributed by atoms with E-state index in [0.717, 1.165) is 5.56 Å². The maximum atomic E-state index is 11.4. The Bertz CT molecular complexity index is 693. The van der Waals surface area contributed by atoms with Gasteiger partial charge in [0.2, 0.25) is 0 Å². The molecule has 2 aromatic carbocycles. The van der Waals surface area contributed by atoms with Crippen molar-refractivity contribution in [3.63, 3.8) is 0 Å². The van der Waals surface area contributed by atoms with Crippen molar-refractivity contribution in [2.75, 3.05) is 13.2 Å². The molecule has 1 amide bonds. The van der Waals surface area contributed by atoms with E-state index in [9.17, 15) is 9.59 Å². The maximum absolute atomic E-state index is 11.4. The molecule has 2 rings (SSSR count). The maximum Gasteiger partial charge on any atom is 0.322 e. The molecule has 2 aromatic rings. The Labute approximate surface area is 141 Å². The highest BCUT2D eigenvalue weighted by Gasteiger charge is 2.22. The smallest absolute Gasteiger partial charge is 0.322 e. The van der Waals surface area contributed by atoms with Crippen LogP contribution in [0.2, 0.25) is 0 Å². The molecule has 0 aliphatic rings. The van der Waals surface area contributed by atoms with Crippen molar-refractivity contribution in [2.24, 2.45) is 0 Å². The Kier molecular flexibility index (Phi) is 5.58. The third-order valence-electron chi connectivity index (χ3n) is 3.88. The summed E-state index contributed by atoms with van der Waals surface area (Å²) < 4.78 is 5.37. The van der Waals surface area contributed by atoms with Crippen LogP contribution in [0.5, 0.6) is 5.75 Å². The summed E-state index contributed by atoms with van der Waals surface area (Å²) in [5.41, 5.74) is 2.21. The Morgan fingerprint density at radius 2 is 1.58 bits per heavy atom. The molecule has 0 fully saturated rings. The molecule has 5 heteroatoms. The second-order valence-corrected chi connectivity index (χ2v) is 5.97. The van der Waals surface area contributed by atoms with E-state index in [-0.39, 0.29) is 12.0 Å². The number of carboxylic acid groups (broad SMARTS) is 1. The molecule has 0 bridgehead atoms. The Morgan fingerprint density at radius 3 is 2.17 bits per heavy atom. The number of amides is 1. The van der Waals surface area contributed by atoms with Gasteiger partial charge in [0.25, 0.3) is 5.91 Å². The first-order valence-electron chi connectivity index (χ1n) is 7.67. The number of carbonyl (C=O) groups is 2. The van der Waals surface area contributed by atoms with Crippen LogP contribution in [0.3, 0.4) is 0 Å². The van der Waals surface area contributed by atoms with Crippen molar-refractivity contribution in [3.8, 4) is 5.75 Å². The second kappa shape index (κ2) is 7.64. The summed E-state index contributed by atoms with van der Waals surface area (Å²) in [7, 11) is 0. The molecule has 24 heavy (non-hydrogen) atoms. The number of benzene rings is 2. The molecule has 0 spiro atoms. The van der Waals surface area contributed by atoms with Crippen LogP contribution in [0, 0.1) is 0 Å². The average molecular weight is 327 g/mol. The van der Waals surface area contributed by atoms with Crippen LogP contribution in [0.25, 0.3) is 0 Å². The molecule has 0 heterocycles. The number of aliphatic carboxylic acids is 1. The van der Waals surface area contributed by atoms with Crippen LogP contribution in [0.4, 0.5) is 0 Å². The summed E-state index contributed by atoms with van der Waals surface area (Å²) in [6.07, 6.45) is 0. The summed E-state index contributed by atoms with van der Waals surface area (Å²) >= 11 is 0. The summed E-state index contributed by atoms with van der Waals surface area (Å²) in [5.74, 6) is -0.991. The molecule has 5 nitrogen and oxygen atoms in total. The lowest BCUT2D eigenvalue weighted by Gasteiger charge is -2.26. The molecule has 0 saturated heterocycles. The van der Waals surface area contributed by atoms with Gasteiger partial charge in [-0.3, -0.25) is 9.59 Å². The SMILES string of the molecule is CC(C)(c1ccccc1)c1ccc(OCC(=O)NCC(=O)O)cc1. The Morgan fingerprint density at radius 1 is 1.00 bits per heavy atom. The van der Waals surface area contributed by atoms with Crippen LogP contribution in [0.15, 0.2) is 54.6 Å². The first-order valence-corrected chi connectivity index (χ1v) is 7.67. The van der Waals surface area contributed by atoms with Crippen molar-refractivity contribution < 1.29 is 19.4 Å². The van der Waals surface area contributed by atoms with Gasteiger partial charge in [-0.15, -0.1) is 0 Å². The molecule has 0 saturated carbocycles. The molecular formula is C19H21NO4. The average Bonchev–Trinajstić information content (AvgIpc) is 2.59. The molecule has 0 radical (unpaired) electrons. The van der Waals surface area contributed by atoms with E-state index in [0.29, 0.717) is 5.75 Å². The molecule has 0 atom stereocenters. The van der Waals surface area contributed by atoms with E-state index < -0.39 is 18.4 Å². The van der Waals surface area contributed by atoms with Gasteiger partial charge in [0, 0.05) is 5.41 Å². The van der Waals surface area contributed by atoms with Crippen LogP contribution in [-0.4, -0.2) is 30.1 Å². The van der Waals surface area contributed by atoms with Gasteiger partial charge in [0.05, 0.1) is 0 Å². The molecular weight excluding hydrogens is 306 g/mol. The fourth-order valence-electron chi connectivity index (χ4n) is 2.36. The summed E-state index contributed by atoms with van der Waals surface area (Å²) in [5, 5.41) is 10.7. The quantitative estimate of drug-likeness (QED) is 0.819. The number of carboxylic acids is 1. The predicted molar refractivity (Wildman–Crippen MR) is 91.2 cm³/mol. The second-order valence-electron chi connectivity index (χ2n) is 5.97. The fourth-order valence-corrected chi connectivity index (χ4v) is 2.36. The number of hydrogen-bond acceptors (Lipinski definition) is 3. The highest BCUT2D eigenvalue weighted by Crippen LogP contribution is 2.32.